The van der Waals surface area contributed by atoms with Gasteiger partial charge in [0.15, 0.2) is 5.78 Å². The van der Waals surface area contributed by atoms with Gasteiger partial charge in [-0.3, -0.25) is 14.2 Å². The first-order valence-electron chi connectivity index (χ1n) is 6.74. The van der Waals surface area contributed by atoms with Crippen LogP contribution < -0.4 is 0 Å². The van der Waals surface area contributed by atoms with Crippen LogP contribution in [0.5, 0.6) is 0 Å². The standard InChI is InChI=1S/C16H18N2O.FH/c1-10-7-8-11(2)12(9-10)16-15-13(17-18(16)3)5-4-6-14(15)19;/h7-9H,4-6H2,1-3H3;1H. The fourth-order valence-electron chi connectivity index (χ4n) is 2.89. The average molecular weight is 274 g/mol. The summed E-state index contributed by atoms with van der Waals surface area (Å²) in [6.07, 6.45) is 2.49. The molecule has 1 aromatic heterocycles. The maximum Gasteiger partial charge on any atom is 0.166 e. The molecule has 2 aromatic rings. The van der Waals surface area contributed by atoms with Crippen molar-refractivity contribution in [2.45, 2.75) is 33.1 Å². The first-order valence-corrected chi connectivity index (χ1v) is 6.74. The first-order chi connectivity index (χ1) is 9.08. The molecule has 4 heteroatoms. The molecule has 0 amide bonds. The lowest BCUT2D eigenvalue weighted by Crippen LogP contribution is -2.10. The van der Waals surface area contributed by atoms with Gasteiger partial charge in [0, 0.05) is 19.0 Å². The van der Waals surface area contributed by atoms with Gasteiger partial charge >= 0.3 is 0 Å². The molecular formula is C16H19FN2O. The fourth-order valence-corrected chi connectivity index (χ4v) is 2.89. The van der Waals surface area contributed by atoms with Gasteiger partial charge in [0.1, 0.15) is 0 Å². The van der Waals surface area contributed by atoms with Crippen LogP contribution in [0.3, 0.4) is 0 Å². The zero-order valence-corrected chi connectivity index (χ0v) is 12.1. The van der Waals surface area contributed by atoms with E-state index >= 15 is 0 Å². The monoisotopic (exact) mass is 274 g/mol. The Labute approximate surface area is 118 Å². The summed E-state index contributed by atoms with van der Waals surface area (Å²) < 4.78 is 1.87. The van der Waals surface area contributed by atoms with Crippen molar-refractivity contribution in [1.29, 1.82) is 0 Å². The van der Waals surface area contributed by atoms with Gasteiger partial charge in [-0.05, 0) is 38.3 Å². The van der Waals surface area contributed by atoms with Crippen LogP contribution in [0.15, 0.2) is 18.2 Å². The topological polar surface area (TPSA) is 34.9 Å². The second-order valence-corrected chi connectivity index (χ2v) is 5.39. The second kappa shape index (κ2) is 5.19. The van der Waals surface area contributed by atoms with Crippen molar-refractivity contribution in [2.75, 3.05) is 0 Å². The number of fused-ring (bicyclic) bond motifs is 1. The number of carbonyl (C=O) groups is 1. The summed E-state index contributed by atoms with van der Waals surface area (Å²) in [5, 5.41) is 4.54. The van der Waals surface area contributed by atoms with Crippen LogP contribution in [0.2, 0.25) is 0 Å². The molecule has 0 N–H and O–H groups in total. The zero-order chi connectivity index (χ0) is 13.6. The summed E-state index contributed by atoms with van der Waals surface area (Å²) in [4.78, 5) is 12.2. The second-order valence-electron chi connectivity index (χ2n) is 5.39. The Bertz CT molecular complexity index is 673. The number of ketones is 1. The van der Waals surface area contributed by atoms with E-state index in [-0.39, 0.29) is 10.5 Å². The maximum absolute atomic E-state index is 12.2. The van der Waals surface area contributed by atoms with Crippen molar-refractivity contribution in [3.8, 4) is 11.3 Å². The van der Waals surface area contributed by atoms with Crippen LogP contribution in [0.25, 0.3) is 11.3 Å². The fraction of sp³-hybridized carbons (Fsp3) is 0.375. The summed E-state index contributed by atoms with van der Waals surface area (Å²) in [5.41, 5.74) is 6.33. The molecular weight excluding hydrogens is 255 g/mol. The zero-order valence-electron chi connectivity index (χ0n) is 12.1. The molecule has 3 nitrogen and oxygen atoms in total. The summed E-state index contributed by atoms with van der Waals surface area (Å²) >= 11 is 0. The van der Waals surface area contributed by atoms with E-state index in [2.05, 4.69) is 37.1 Å². The van der Waals surface area contributed by atoms with Crippen molar-refractivity contribution in [3.05, 3.63) is 40.6 Å². The van der Waals surface area contributed by atoms with Crippen LogP contribution in [0.1, 0.15) is 40.0 Å². The molecule has 0 saturated carbocycles. The van der Waals surface area contributed by atoms with Crippen molar-refractivity contribution < 1.29 is 9.50 Å². The molecule has 0 bridgehead atoms. The molecule has 1 aliphatic carbocycles. The summed E-state index contributed by atoms with van der Waals surface area (Å²) in [7, 11) is 1.93. The highest BCUT2D eigenvalue weighted by atomic mass is 19.0. The predicted octanol–water partition coefficient (Wildman–Crippen LogP) is 3.38. The van der Waals surface area contributed by atoms with Crippen LogP contribution in [0, 0.1) is 13.8 Å². The van der Waals surface area contributed by atoms with E-state index in [9.17, 15) is 4.79 Å². The van der Waals surface area contributed by atoms with Gasteiger partial charge < -0.3 is 0 Å². The van der Waals surface area contributed by atoms with Gasteiger partial charge in [0.2, 0.25) is 0 Å². The average Bonchev–Trinajstić information content (AvgIpc) is 2.70. The largest absolute Gasteiger partial charge is 0.294 e. The number of hydrogen-bond acceptors (Lipinski definition) is 2. The van der Waals surface area contributed by atoms with Gasteiger partial charge in [-0.2, -0.15) is 5.10 Å². The maximum atomic E-state index is 12.2. The van der Waals surface area contributed by atoms with Gasteiger partial charge in [-0.15, -0.1) is 0 Å². The highest BCUT2D eigenvalue weighted by Gasteiger charge is 2.27. The molecule has 1 heterocycles. The number of aryl methyl sites for hydroxylation is 4. The van der Waals surface area contributed by atoms with E-state index < -0.39 is 0 Å². The first kappa shape index (κ1) is 14.4. The molecule has 106 valence electrons. The third-order valence-corrected chi connectivity index (χ3v) is 3.86. The van der Waals surface area contributed by atoms with Crippen molar-refractivity contribution >= 4 is 5.78 Å². The molecule has 1 aromatic carbocycles. The van der Waals surface area contributed by atoms with Crippen LogP contribution in [0.4, 0.5) is 4.70 Å². The molecule has 20 heavy (non-hydrogen) atoms. The molecule has 0 radical (unpaired) electrons. The van der Waals surface area contributed by atoms with Crippen LogP contribution in [-0.4, -0.2) is 15.6 Å². The Kier molecular flexibility index (Phi) is 3.75. The number of benzene rings is 1. The van der Waals surface area contributed by atoms with E-state index in [0.29, 0.717) is 6.42 Å². The minimum atomic E-state index is 0. The molecule has 0 unspecified atom stereocenters. The lowest BCUT2D eigenvalue weighted by atomic mass is 9.91. The Morgan fingerprint density at radius 3 is 2.70 bits per heavy atom. The molecule has 0 saturated heterocycles. The minimum Gasteiger partial charge on any atom is -0.294 e. The van der Waals surface area contributed by atoms with E-state index in [1.807, 2.05) is 11.7 Å². The summed E-state index contributed by atoms with van der Waals surface area (Å²) in [6, 6.07) is 6.36. The van der Waals surface area contributed by atoms with Crippen molar-refractivity contribution in [2.24, 2.45) is 7.05 Å². The Morgan fingerprint density at radius 1 is 1.20 bits per heavy atom. The smallest absolute Gasteiger partial charge is 0.166 e. The Morgan fingerprint density at radius 2 is 1.95 bits per heavy atom. The molecule has 0 atom stereocenters. The third-order valence-electron chi connectivity index (χ3n) is 3.86. The molecule has 1 aliphatic rings. The van der Waals surface area contributed by atoms with Gasteiger partial charge in [-0.25, -0.2) is 0 Å². The van der Waals surface area contributed by atoms with E-state index in [1.54, 1.807) is 0 Å². The highest BCUT2D eigenvalue weighted by molar-refractivity contribution is 6.03. The number of carbonyl (C=O) groups excluding carboxylic acids is 1. The normalized spacial score (nSPS) is 13.8. The number of Topliss-reactive ketones (excluding diaryl/α,β-unsaturated/α-hetero) is 1. The highest BCUT2D eigenvalue weighted by Crippen LogP contribution is 2.33. The molecule has 0 aliphatic heterocycles. The lowest BCUT2D eigenvalue weighted by Gasteiger charge is -2.12. The summed E-state index contributed by atoms with van der Waals surface area (Å²) in [6.45, 7) is 4.16. The SMILES string of the molecule is Cc1ccc(C)c(-c2c3c(nn2C)CCCC3=O)c1.F. The lowest BCUT2D eigenvalue weighted by molar-refractivity contribution is 0.0973. The van der Waals surface area contributed by atoms with Crippen molar-refractivity contribution in [1.82, 2.24) is 9.78 Å². The van der Waals surface area contributed by atoms with Crippen molar-refractivity contribution in [3.63, 3.8) is 0 Å². The van der Waals surface area contributed by atoms with Gasteiger partial charge in [-0.1, -0.05) is 17.7 Å². The number of rotatable bonds is 1. The quantitative estimate of drug-likeness (QED) is 0.799. The number of aromatic nitrogens is 2. The molecule has 3 rings (SSSR count). The number of nitrogens with zero attached hydrogens (tertiary/aromatic N) is 2. The van der Waals surface area contributed by atoms with Gasteiger partial charge in [0.25, 0.3) is 0 Å². The van der Waals surface area contributed by atoms with Crippen LogP contribution >= 0.6 is 0 Å². The minimum absolute atomic E-state index is 0. The number of halogens is 1. The third kappa shape index (κ3) is 2.15. The molecule has 0 fully saturated rings. The van der Waals surface area contributed by atoms with Gasteiger partial charge in [0.05, 0.1) is 17.0 Å². The van der Waals surface area contributed by atoms with E-state index in [1.165, 1.54) is 11.1 Å². The van der Waals surface area contributed by atoms with E-state index in [4.69, 9.17) is 0 Å². The van der Waals surface area contributed by atoms with Crippen LogP contribution in [-0.2, 0) is 13.5 Å². The Hall–Kier alpha value is -1.97. The summed E-state index contributed by atoms with van der Waals surface area (Å²) in [5.74, 6) is 0.241. The number of hydrogen-bond donors (Lipinski definition) is 0. The Balaban J connectivity index is 0.00000147. The predicted molar refractivity (Wildman–Crippen MR) is 77.9 cm³/mol. The van der Waals surface area contributed by atoms with E-state index in [0.717, 1.165) is 35.4 Å². The molecule has 0 spiro atoms.